The van der Waals surface area contributed by atoms with Crippen LogP contribution >= 0.6 is 0 Å². The number of aromatic nitrogens is 1. The van der Waals surface area contributed by atoms with Gasteiger partial charge in [0.05, 0.1) is 11.8 Å². The summed E-state index contributed by atoms with van der Waals surface area (Å²) in [4.78, 5) is 32.0. The molecule has 1 aliphatic heterocycles. The fraction of sp³-hybridized carbons (Fsp3) is 0.611. The van der Waals surface area contributed by atoms with Crippen molar-refractivity contribution in [1.82, 2.24) is 9.88 Å². The van der Waals surface area contributed by atoms with Gasteiger partial charge in [-0.3, -0.25) is 9.59 Å². The highest BCUT2D eigenvalue weighted by Gasteiger charge is 2.49. The normalized spacial score (nSPS) is 23.8. The molecule has 6 nitrogen and oxygen atoms in total. The van der Waals surface area contributed by atoms with Gasteiger partial charge in [-0.25, -0.2) is 4.98 Å². The van der Waals surface area contributed by atoms with E-state index in [2.05, 4.69) is 9.88 Å². The lowest BCUT2D eigenvalue weighted by Crippen LogP contribution is -2.42. The largest absolute Gasteiger partial charge is 0.481 e. The second-order valence-electron chi connectivity index (χ2n) is 6.78. The molecule has 2 aliphatic rings. The number of carbonyl (C=O) groups is 2. The minimum Gasteiger partial charge on any atom is -0.481 e. The van der Waals surface area contributed by atoms with Crippen molar-refractivity contribution in [2.75, 3.05) is 31.1 Å². The number of carbonyl (C=O) groups excluding carboxylic acids is 1. The van der Waals surface area contributed by atoms with Gasteiger partial charge in [0.2, 0.25) is 5.91 Å². The van der Waals surface area contributed by atoms with Gasteiger partial charge >= 0.3 is 5.97 Å². The van der Waals surface area contributed by atoms with Crippen LogP contribution in [0.25, 0.3) is 0 Å². The number of pyridine rings is 1. The van der Waals surface area contributed by atoms with E-state index in [0.717, 1.165) is 38.3 Å². The summed E-state index contributed by atoms with van der Waals surface area (Å²) >= 11 is 0. The fourth-order valence-corrected chi connectivity index (χ4v) is 3.55. The van der Waals surface area contributed by atoms with Crippen molar-refractivity contribution in [3.8, 4) is 0 Å². The van der Waals surface area contributed by atoms with E-state index < -0.39 is 11.9 Å². The van der Waals surface area contributed by atoms with E-state index in [-0.39, 0.29) is 11.8 Å². The van der Waals surface area contributed by atoms with Crippen molar-refractivity contribution in [3.63, 3.8) is 0 Å². The predicted molar refractivity (Wildman–Crippen MR) is 90.7 cm³/mol. The third-order valence-electron chi connectivity index (χ3n) is 5.18. The van der Waals surface area contributed by atoms with Crippen LogP contribution in [0.3, 0.4) is 0 Å². The molecule has 1 saturated carbocycles. The molecular weight excluding hydrogens is 306 g/mol. The zero-order valence-corrected chi connectivity index (χ0v) is 14.1. The number of carboxylic acid groups (broad SMARTS) is 1. The van der Waals surface area contributed by atoms with E-state index >= 15 is 0 Å². The maximum absolute atomic E-state index is 12.5. The van der Waals surface area contributed by atoms with Crippen LogP contribution in [-0.2, 0) is 9.59 Å². The Morgan fingerprint density at radius 3 is 2.58 bits per heavy atom. The van der Waals surface area contributed by atoms with Gasteiger partial charge in [-0.1, -0.05) is 6.07 Å². The topological polar surface area (TPSA) is 73.7 Å². The molecule has 3 rings (SSSR count). The van der Waals surface area contributed by atoms with Gasteiger partial charge in [-0.2, -0.15) is 0 Å². The van der Waals surface area contributed by atoms with Gasteiger partial charge in [0.15, 0.2) is 0 Å². The molecular formula is C18H25N3O3. The SMILES string of the molecule is CCN(CC1CCN(c2ccccn2)CC1)C(=O)[C@@H]1C[C@H]1C(=O)O. The van der Waals surface area contributed by atoms with E-state index in [1.807, 2.05) is 36.2 Å². The van der Waals surface area contributed by atoms with Crippen molar-refractivity contribution >= 4 is 17.7 Å². The maximum atomic E-state index is 12.5. The van der Waals surface area contributed by atoms with Gasteiger partial charge in [-0.05, 0) is 44.2 Å². The van der Waals surface area contributed by atoms with Crippen molar-refractivity contribution in [3.05, 3.63) is 24.4 Å². The highest BCUT2D eigenvalue weighted by molar-refractivity contribution is 5.89. The summed E-state index contributed by atoms with van der Waals surface area (Å²) in [5.41, 5.74) is 0. The summed E-state index contributed by atoms with van der Waals surface area (Å²) in [6.07, 6.45) is 4.39. The first-order valence-electron chi connectivity index (χ1n) is 8.77. The van der Waals surface area contributed by atoms with Gasteiger partial charge in [0, 0.05) is 32.4 Å². The standard InChI is InChI=1S/C18H25N3O3/c1-2-20(17(22)14-11-15(14)18(23)24)12-13-6-9-21(10-7-13)16-5-3-4-8-19-16/h3-5,8,13-15H,2,6-7,9-12H2,1H3,(H,23,24)/t14-,15-/m1/s1. The molecule has 130 valence electrons. The van der Waals surface area contributed by atoms with Crippen molar-refractivity contribution in [1.29, 1.82) is 0 Å². The Morgan fingerprint density at radius 1 is 1.29 bits per heavy atom. The Labute approximate surface area is 142 Å². The first kappa shape index (κ1) is 16.7. The molecule has 1 amide bonds. The van der Waals surface area contributed by atoms with Gasteiger partial charge in [0.25, 0.3) is 0 Å². The number of hydrogen-bond donors (Lipinski definition) is 1. The molecule has 0 aromatic carbocycles. The molecule has 2 fully saturated rings. The lowest BCUT2D eigenvalue weighted by Gasteiger charge is -2.35. The first-order chi connectivity index (χ1) is 11.6. The lowest BCUT2D eigenvalue weighted by atomic mass is 9.96. The van der Waals surface area contributed by atoms with E-state index in [0.29, 0.717) is 18.9 Å². The summed E-state index contributed by atoms with van der Waals surface area (Å²) in [5.74, 6) is -0.0729. The molecule has 1 aromatic rings. The second-order valence-corrected chi connectivity index (χ2v) is 6.78. The number of amides is 1. The quantitative estimate of drug-likeness (QED) is 0.861. The highest BCUT2D eigenvalue weighted by Crippen LogP contribution is 2.40. The molecule has 6 heteroatoms. The Morgan fingerprint density at radius 2 is 2.04 bits per heavy atom. The van der Waals surface area contributed by atoms with Crippen molar-refractivity contribution in [2.24, 2.45) is 17.8 Å². The van der Waals surface area contributed by atoms with Crippen LogP contribution in [-0.4, -0.2) is 53.0 Å². The molecule has 2 heterocycles. The Hall–Kier alpha value is -2.11. The third kappa shape index (κ3) is 3.68. The summed E-state index contributed by atoms with van der Waals surface area (Å²) in [7, 11) is 0. The molecule has 1 saturated heterocycles. The number of aliphatic carboxylic acids is 1. The van der Waals surface area contributed by atoms with E-state index in [1.54, 1.807) is 0 Å². The number of hydrogen-bond acceptors (Lipinski definition) is 4. The van der Waals surface area contributed by atoms with Crippen LogP contribution in [0.1, 0.15) is 26.2 Å². The average Bonchev–Trinajstić information content (AvgIpc) is 3.41. The first-order valence-corrected chi connectivity index (χ1v) is 8.77. The number of rotatable bonds is 6. The van der Waals surface area contributed by atoms with Crippen LogP contribution < -0.4 is 4.90 Å². The number of piperidine rings is 1. The molecule has 2 atom stereocenters. The molecule has 0 radical (unpaired) electrons. The molecule has 1 aliphatic carbocycles. The van der Waals surface area contributed by atoms with Crippen molar-refractivity contribution < 1.29 is 14.7 Å². The molecule has 1 aromatic heterocycles. The Kier molecular flexibility index (Phi) is 5.02. The predicted octanol–water partition coefficient (Wildman–Crippen LogP) is 1.87. The average molecular weight is 331 g/mol. The zero-order valence-electron chi connectivity index (χ0n) is 14.1. The van der Waals surface area contributed by atoms with Crippen LogP contribution in [0.5, 0.6) is 0 Å². The number of carboxylic acids is 1. The Bertz CT molecular complexity index is 584. The second kappa shape index (κ2) is 7.20. The summed E-state index contributed by atoms with van der Waals surface area (Å²) < 4.78 is 0. The van der Waals surface area contributed by atoms with E-state index in [4.69, 9.17) is 5.11 Å². The molecule has 24 heavy (non-hydrogen) atoms. The molecule has 1 N–H and O–H groups in total. The minimum atomic E-state index is -0.840. The number of anilines is 1. The number of nitrogens with zero attached hydrogens (tertiary/aromatic N) is 3. The van der Waals surface area contributed by atoms with Crippen LogP contribution in [0, 0.1) is 17.8 Å². The van der Waals surface area contributed by atoms with Gasteiger partial charge in [-0.15, -0.1) is 0 Å². The monoisotopic (exact) mass is 331 g/mol. The molecule has 0 unspecified atom stereocenters. The fourth-order valence-electron chi connectivity index (χ4n) is 3.55. The third-order valence-corrected chi connectivity index (χ3v) is 5.18. The van der Waals surface area contributed by atoms with E-state index in [9.17, 15) is 9.59 Å². The summed E-state index contributed by atoms with van der Waals surface area (Å²) in [5, 5.41) is 9.00. The summed E-state index contributed by atoms with van der Waals surface area (Å²) in [6.45, 7) is 5.28. The van der Waals surface area contributed by atoms with Crippen LogP contribution in [0.2, 0.25) is 0 Å². The zero-order chi connectivity index (χ0) is 17.1. The lowest BCUT2D eigenvalue weighted by molar-refractivity contribution is -0.142. The summed E-state index contributed by atoms with van der Waals surface area (Å²) in [6, 6.07) is 5.95. The van der Waals surface area contributed by atoms with E-state index in [1.165, 1.54) is 0 Å². The van der Waals surface area contributed by atoms with Crippen LogP contribution in [0.4, 0.5) is 5.82 Å². The van der Waals surface area contributed by atoms with Crippen molar-refractivity contribution in [2.45, 2.75) is 26.2 Å². The molecule has 0 bridgehead atoms. The highest BCUT2D eigenvalue weighted by atomic mass is 16.4. The maximum Gasteiger partial charge on any atom is 0.307 e. The van der Waals surface area contributed by atoms with Gasteiger partial charge < -0.3 is 14.9 Å². The molecule has 0 spiro atoms. The Balaban J connectivity index is 1.49. The van der Waals surface area contributed by atoms with Crippen LogP contribution in [0.15, 0.2) is 24.4 Å². The van der Waals surface area contributed by atoms with Gasteiger partial charge in [0.1, 0.15) is 5.82 Å². The minimum absolute atomic E-state index is 0.0251. The smallest absolute Gasteiger partial charge is 0.307 e.